The maximum atomic E-state index is 12.7. The van der Waals surface area contributed by atoms with Gasteiger partial charge in [-0.25, -0.2) is 0 Å². The molecule has 2 rings (SSSR count). The number of amides is 1. The first-order chi connectivity index (χ1) is 13.7. The SMILES string of the molecule is CCC(C)(C)c1ccc(OCCCC(C)(C)C(=O)NC(C)c2ccccn2)cc1. The van der Waals surface area contributed by atoms with E-state index in [2.05, 4.69) is 43.2 Å². The minimum absolute atomic E-state index is 0.0433. The Bertz CT molecular complexity index is 767. The highest BCUT2D eigenvalue weighted by Gasteiger charge is 2.28. The molecule has 1 amide bonds. The van der Waals surface area contributed by atoms with Gasteiger partial charge in [-0.05, 0) is 61.4 Å². The van der Waals surface area contributed by atoms with Crippen LogP contribution in [0.4, 0.5) is 0 Å². The van der Waals surface area contributed by atoms with Crippen molar-refractivity contribution in [3.8, 4) is 5.75 Å². The molecule has 1 aromatic heterocycles. The molecule has 29 heavy (non-hydrogen) atoms. The Kier molecular flexibility index (Phi) is 7.83. The van der Waals surface area contributed by atoms with Crippen molar-refractivity contribution < 1.29 is 9.53 Å². The van der Waals surface area contributed by atoms with Crippen molar-refractivity contribution >= 4 is 5.91 Å². The van der Waals surface area contributed by atoms with Crippen LogP contribution in [0.15, 0.2) is 48.7 Å². The number of benzene rings is 1. The van der Waals surface area contributed by atoms with Crippen LogP contribution in [0.3, 0.4) is 0 Å². The van der Waals surface area contributed by atoms with Crippen LogP contribution in [0.1, 0.15) is 78.1 Å². The van der Waals surface area contributed by atoms with Crippen molar-refractivity contribution in [1.29, 1.82) is 0 Å². The summed E-state index contributed by atoms with van der Waals surface area (Å²) in [5.74, 6) is 0.925. The van der Waals surface area contributed by atoms with Gasteiger partial charge in [-0.15, -0.1) is 0 Å². The minimum Gasteiger partial charge on any atom is -0.494 e. The van der Waals surface area contributed by atoms with E-state index < -0.39 is 5.41 Å². The van der Waals surface area contributed by atoms with Gasteiger partial charge in [0.2, 0.25) is 5.91 Å². The second kappa shape index (κ2) is 9.91. The lowest BCUT2D eigenvalue weighted by Crippen LogP contribution is -2.38. The summed E-state index contributed by atoms with van der Waals surface area (Å²) in [5.41, 5.74) is 1.92. The van der Waals surface area contributed by atoms with E-state index in [0.717, 1.165) is 30.7 Å². The van der Waals surface area contributed by atoms with Crippen molar-refractivity contribution in [3.05, 3.63) is 59.9 Å². The molecule has 1 heterocycles. The van der Waals surface area contributed by atoms with Crippen molar-refractivity contribution in [2.45, 2.75) is 72.3 Å². The number of carbonyl (C=O) groups excluding carboxylic acids is 1. The molecule has 0 saturated heterocycles. The first-order valence-electron chi connectivity index (χ1n) is 10.6. The third kappa shape index (κ3) is 6.59. The number of pyridine rings is 1. The third-order valence-corrected chi connectivity index (χ3v) is 5.83. The summed E-state index contributed by atoms with van der Waals surface area (Å²) < 4.78 is 5.89. The zero-order valence-electron chi connectivity index (χ0n) is 18.8. The van der Waals surface area contributed by atoms with Crippen LogP contribution in [0, 0.1) is 5.41 Å². The van der Waals surface area contributed by atoms with Crippen molar-refractivity contribution in [1.82, 2.24) is 10.3 Å². The van der Waals surface area contributed by atoms with E-state index in [1.165, 1.54) is 5.56 Å². The second-order valence-electron chi connectivity index (χ2n) is 9.05. The molecule has 1 unspecified atom stereocenters. The Hall–Kier alpha value is -2.36. The van der Waals surface area contributed by atoms with Gasteiger partial charge in [0.05, 0.1) is 18.3 Å². The molecular formula is C25H36N2O2. The van der Waals surface area contributed by atoms with Crippen molar-refractivity contribution in [2.75, 3.05) is 6.61 Å². The Morgan fingerprint density at radius 1 is 1.10 bits per heavy atom. The summed E-state index contributed by atoms with van der Waals surface area (Å²) in [5, 5.41) is 3.08. The Labute approximate surface area is 176 Å². The molecule has 0 saturated carbocycles. The number of nitrogens with one attached hydrogen (secondary N) is 1. The number of rotatable bonds is 10. The Balaban J connectivity index is 1.79. The maximum absolute atomic E-state index is 12.7. The lowest BCUT2D eigenvalue weighted by Gasteiger charge is -2.26. The summed E-state index contributed by atoms with van der Waals surface area (Å²) >= 11 is 0. The number of ether oxygens (including phenoxy) is 1. The summed E-state index contributed by atoms with van der Waals surface area (Å²) in [6, 6.07) is 14.0. The van der Waals surface area contributed by atoms with Crippen LogP contribution in [0.2, 0.25) is 0 Å². The van der Waals surface area contributed by atoms with E-state index in [-0.39, 0.29) is 17.4 Å². The molecule has 0 bridgehead atoms. The lowest BCUT2D eigenvalue weighted by molar-refractivity contribution is -0.130. The van der Waals surface area contributed by atoms with Crippen LogP contribution in [0.5, 0.6) is 5.75 Å². The summed E-state index contributed by atoms with van der Waals surface area (Å²) in [4.78, 5) is 17.0. The molecule has 0 aliphatic carbocycles. The Morgan fingerprint density at radius 2 is 1.79 bits per heavy atom. The topological polar surface area (TPSA) is 51.2 Å². The molecule has 4 nitrogen and oxygen atoms in total. The predicted octanol–water partition coefficient (Wildman–Crippen LogP) is 5.83. The fraction of sp³-hybridized carbons (Fsp3) is 0.520. The molecule has 0 fully saturated rings. The van der Waals surface area contributed by atoms with Gasteiger partial charge in [0, 0.05) is 11.6 Å². The molecular weight excluding hydrogens is 360 g/mol. The normalized spacial score (nSPS) is 13.0. The zero-order chi connectivity index (χ0) is 21.5. The molecule has 0 aliphatic rings. The Morgan fingerprint density at radius 3 is 2.38 bits per heavy atom. The second-order valence-corrected chi connectivity index (χ2v) is 9.05. The van der Waals surface area contributed by atoms with Crippen molar-refractivity contribution in [3.63, 3.8) is 0 Å². The van der Waals surface area contributed by atoms with E-state index in [0.29, 0.717) is 6.61 Å². The van der Waals surface area contributed by atoms with E-state index in [4.69, 9.17) is 4.74 Å². The highest BCUT2D eigenvalue weighted by atomic mass is 16.5. The highest BCUT2D eigenvalue weighted by molar-refractivity contribution is 5.82. The van der Waals surface area contributed by atoms with Gasteiger partial charge >= 0.3 is 0 Å². The van der Waals surface area contributed by atoms with Gasteiger partial charge < -0.3 is 10.1 Å². The monoisotopic (exact) mass is 396 g/mol. The number of carbonyl (C=O) groups is 1. The summed E-state index contributed by atoms with van der Waals surface area (Å²) in [6.07, 6.45) is 4.43. The van der Waals surface area contributed by atoms with Crippen LogP contribution >= 0.6 is 0 Å². The van der Waals surface area contributed by atoms with Gasteiger partial charge in [0.15, 0.2) is 0 Å². The molecule has 2 aromatic rings. The molecule has 1 atom stereocenters. The zero-order valence-corrected chi connectivity index (χ0v) is 18.8. The molecule has 0 aliphatic heterocycles. The molecule has 1 N–H and O–H groups in total. The fourth-order valence-corrected chi connectivity index (χ4v) is 3.12. The van der Waals surface area contributed by atoms with E-state index in [9.17, 15) is 4.79 Å². The maximum Gasteiger partial charge on any atom is 0.226 e. The summed E-state index contributed by atoms with van der Waals surface area (Å²) in [7, 11) is 0. The first-order valence-corrected chi connectivity index (χ1v) is 10.6. The number of aromatic nitrogens is 1. The van der Waals surface area contributed by atoms with Crippen molar-refractivity contribution in [2.24, 2.45) is 5.41 Å². The van der Waals surface area contributed by atoms with Crippen LogP contribution in [-0.4, -0.2) is 17.5 Å². The third-order valence-electron chi connectivity index (χ3n) is 5.83. The van der Waals surface area contributed by atoms with Crippen LogP contribution < -0.4 is 10.1 Å². The molecule has 0 spiro atoms. The first kappa shape index (κ1) is 22.9. The fourth-order valence-electron chi connectivity index (χ4n) is 3.12. The smallest absolute Gasteiger partial charge is 0.226 e. The highest BCUT2D eigenvalue weighted by Crippen LogP contribution is 2.28. The largest absolute Gasteiger partial charge is 0.494 e. The molecule has 4 heteroatoms. The predicted molar refractivity (Wildman–Crippen MR) is 119 cm³/mol. The molecule has 1 aromatic carbocycles. The average Bonchev–Trinajstić information content (AvgIpc) is 2.72. The van der Waals surface area contributed by atoms with E-state index >= 15 is 0 Å². The van der Waals surface area contributed by atoms with Gasteiger partial charge in [-0.1, -0.05) is 52.8 Å². The molecule has 158 valence electrons. The quantitative estimate of drug-likeness (QED) is 0.514. The van der Waals surface area contributed by atoms with E-state index in [1.807, 2.05) is 51.1 Å². The standard InChI is InChI=1S/C25H36N2O2/c1-7-24(3,4)20-12-14-21(15-13-20)29-18-10-16-25(5,6)23(28)27-19(2)22-11-8-9-17-26-22/h8-9,11-15,17,19H,7,10,16,18H2,1-6H3,(H,27,28). The van der Waals surface area contributed by atoms with Gasteiger partial charge in [0.25, 0.3) is 0 Å². The lowest BCUT2D eigenvalue weighted by atomic mass is 9.82. The number of nitrogens with zero attached hydrogens (tertiary/aromatic N) is 1. The average molecular weight is 397 g/mol. The molecule has 0 radical (unpaired) electrons. The number of hydrogen-bond donors (Lipinski definition) is 1. The van der Waals surface area contributed by atoms with Crippen LogP contribution in [-0.2, 0) is 10.2 Å². The number of hydrogen-bond acceptors (Lipinski definition) is 3. The van der Waals surface area contributed by atoms with Gasteiger partial charge in [-0.2, -0.15) is 0 Å². The minimum atomic E-state index is -0.457. The van der Waals surface area contributed by atoms with E-state index in [1.54, 1.807) is 6.20 Å². The van der Waals surface area contributed by atoms with Gasteiger partial charge in [-0.3, -0.25) is 9.78 Å². The van der Waals surface area contributed by atoms with Gasteiger partial charge in [0.1, 0.15) is 5.75 Å². The van der Waals surface area contributed by atoms with Crippen LogP contribution in [0.25, 0.3) is 0 Å². The summed E-state index contributed by atoms with van der Waals surface area (Å²) in [6.45, 7) is 13.2.